The lowest BCUT2D eigenvalue weighted by Crippen LogP contribution is -2.40. The van der Waals surface area contributed by atoms with Crippen molar-refractivity contribution in [2.45, 2.75) is 18.9 Å². The van der Waals surface area contributed by atoms with Crippen molar-refractivity contribution >= 4 is 28.2 Å². The largest absolute Gasteiger partial charge is 0.467 e. The summed E-state index contributed by atoms with van der Waals surface area (Å²) in [5.74, 6) is 1.52. The minimum Gasteiger partial charge on any atom is -0.467 e. The highest BCUT2D eigenvalue weighted by Crippen LogP contribution is 2.41. The first-order valence-electron chi connectivity index (χ1n) is 9.90. The molecule has 0 spiro atoms. The minimum atomic E-state index is -0.798. The first-order valence-corrected chi connectivity index (χ1v) is 9.90. The van der Waals surface area contributed by atoms with Crippen LogP contribution in [0, 0.1) is 24.0 Å². The van der Waals surface area contributed by atoms with E-state index in [1.54, 1.807) is 6.07 Å². The quantitative estimate of drug-likeness (QED) is 0.649. The number of ether oxygens (including phenoxy) is 1. The van der Waals surface area contributed by atoms with E-state index >= 15 is 4.39 Å². The number of methoxy groups -OCH3 is 1. The van der Waals surface area contributed by atoms with Crippen molar-refractivity contribution in [1.82, 2.24) is 15.0 Å². The molecule has 0 radical (unpaired) electrons. The summed E-state index contributed by atoms with van der Waals surface area (Å²) in [6.45, 7) is 1.55. The predicted octanol–water partition coefficient (Wildman–Crippen LogP) is 2.56. The van der Waals surface area contributed by atoms with Crippen LogP contribution < -0.4 is 14.5 Å². The number of aromatic nitrogens is 3. The Balaban J connectivity index is 1.79. The van der Waals surface area contributed by atoms with Crippen molar-refractivity contribution in [2.24, 2.45) is 0 Å². The zero-order valence-electron chi connectivity index (χ0n) is 16.8. The molecule has 1 atom stereocenters. The van der Waals surface area contributed by atoms with Crippen molar-refractivity contribution in [3.8, 4) is 18.4 Å². The van der Waals surface area contributed by atoms with Gasteiger partial charge in [-0.25, -0.2) is 18.7 Å². The van der Waals surface area contributed by atoms with Gasteiger partial charge in [-0.2, -0.15) is 4.98 Å². The molecule has 31 heavy (non-hydrogen) atoms. The van der Waals surface area contributed by atoms with Gasteiger partial charge in [0.05, 0.1) is 36.4 Å². The van der Waals surface area contributed by atoms with Crippen LogP contribution in [-0.4, -0.2) is 52.9 Å². The molecule has 158 valence electrons. The van der Waals surface area contributed by atoms with Crippen LogP contribution in [0.1, 0.15) is 17.5 Å². The van der Waals surface area contributed by atoms with Crippen LogP contribution in [-0.2, 0) is 6.42 Å². The molecule has 1 aromatic carbocycles. The van der Waals surface area contributed by atoms with E-state index in [2.05, 4.69) is 20.9 Å². The van der Waals surface area contributed by atoms with Crippen LogP contribution in [0.3, 0.4) is 0 Å². The Morgan fingerprint density at radius 1 is 1.23 bits per heavy atom. The van der Waals surface area contributed by atoms with Gasteiger partial charge in [0.1, 0.15) is 17.2 Å². The Bertz CT molecular complexity index is 1240. The van der Waals surface area contributed by atoms with Crippen molar-refractivity contribution in [2.75, 3.05) is 36.5 Å². The van der Waals surface area contributed by atoms with E-state index in [0.29, 0.717) is 22.5 Å². The number of anilines is 3. The van der Waals surface area contributed by atoms with Crippen molar-refractivity contribution in [3.05, 3.63) is 41.1 Å². The minimum absolute atomic E-state index is 0.0106. The molecule has 7 nitrogen and oxygen atoms in total. The Morgan fingerprint density at radius 3 is 2.71 bits per heavy atom. The molecule has 2 aromatic heterocycles. The maximum Gasteiger partial charge on any atom is 0.316 e. The maximum atomic E-state index is 15.8. The average molecular weight is 423 g/mol. The summed E-state index contributed by atoms with van der Waals surface area (Å²) in [4.78, 5) is 16.4. The molecule has 1 unspecified atom stereocenters. The summed E-state index contributed by atoms with van der Waals surface area (Å²) in [5, 5.41) is 10.9. The summed E-state index contributed by atoms with van der Waals surface area (Å²) in [5.41, 5.74) is 1.02. The predicted molar refractivity (Wildman–Crippen MR) is 112 cm³/mol. The number of hydrogen-bond donors (Lipinski definition) is 1. The summed E-state index contributed by atoms with van der Waals surface area (Å²) in [7, 11) is 1.40. The normalized spacial score (nSPS) is 17.8. The number of hydrogen-bond acceptors (Lipinski definition) is 7. The van der Waals surface area contributed by atoms with Gasteiger partial charge in [-0.15, -0.1) is 6.42 Å². The summed E-state index contributed by atoms with van der Waals surface area (Å²) in [6, 6.07) is 2.84. The van der Waals surface area contributed by atoms with Crippen LogP contribution in [0.15, 0.2) is 18.3 Å². The number of β-amino-alcohol motifs (C(OH)–C–C–N with tert-alkyl or cyclic N) is 1. The van der Waals surface area contributed by atoms with E-state index in [1.165, 1.54) is 24.3 Å². The molecule has 3 aromatic rings. The molecule has 2 aliphatic heterocycles. The number of rotatable bonds is 3. The second kappa shape index (κ2) is 7.32. The van der Waals surface area contributed by atoms with Gasteiger partial charge < -0.3 is 19.6 Å². The number of halogens is 2. The van der Waals surface area contributed by atoms with Crippen LogP contribution in [0.25, 0.3) is 10.9 Å². The number of terminal acetylenes is 1. The van der Waals surface area contributed by atoms with Crippen LogP contribution >= 0.6 is 0 Å². The second-order valence-corrected chi connectivity index (χ2v) is 7.58. The van der Waals surface area contributed by atoms with E-state index < -0.39 is 17.7 Å². The number of benzene rings is 1. The van der Waals surface area contributed by atoms with Crippen molar-refractivity contribution < 1.29 is 18.6 Å². The number of aliphatic hydroxyl groups is 1. The second-order valence-electron chi connectivity index (χ2n) is 7.58. The number of nitrogens with zero attached hydrogens (tertiary/aromatic N) is 5. The molecule has 1 N–H and O–H groups in total. The molecule has 0 saturated carbocycles. The fraction of sp³-hybridized carbons (Fsp3) is 0.318. The fourth-order valence-corrected chi connectivity index (χ4v) is 4.09. The summed E-state index contributed by atoms with van der Waals surface area (Å²) >= 11 is 0. The smallest absolute Gasteiger partial charge is 0.316 e. The van der Waals surface area contributed by atoms with Crippen LogP contribution in [0.2, 0.25) is 0 Å². The van der Waals surface area contributed by atoms with Crippen LogP contribution in [0.5, 0.6) is 6.01 Å². The molecule has 5 rings (SSSR count). The Labute approximate surface area is 177 Å². The van der Waals surface area contributed by atoms with Crippen molar-refractivity contribution in [3.63, 3.8) is 0 Å². The van der Waals surface area contributed by atoms with Gasteiger partial charge in [0.25, 0.3) is 0 Å². The van der Waals surface area contributed by atoms with Gasteiger partial charge in [-0.1, -0.05) is 12.0 Å². The summed E-state index contributed by atoms with van der Waals surface area (Å²) in [6.07, 6.45) is 7.55. The number of pyridine rings is 1. The molecule has 0 amide bonds. The molecular formula is C22H19F2N5O2. The van der Waals surface area contributed by atoms with Gasteiger partial charge in [0, 0.05) is 25.7 Å². The van der Waals surface area contributed by atoms with Crippen LogP contribution in [0.4, 0.5) is 26.1 Å². The molecule has 9 heteroatoms. The Morgan fingerprint density at radius 2 is 2.03 bits per heavy atom. The Hall–Kier alpha value is -3.51. The van der Waals surface area contributed by atoms with E-state index in [1.807, 2.05) is 4.90 Å². The van der Waals surface area contributed by atoms with Gasteiger partial charge in [0.15, 0.2) is 11.6 Å². The van der Waals surface area contributed by atoms with E-state index in [0.717, 1.165) is 19.5 Å². The third kappa shape index (κ3) is 3.02. The molecule has 1 saturated heterocycles. The standard InChI is InChI=1S/C22H19F2N5O2/c1-3-14-16(23)6-5-12-9-13(30)11-29(19(12)14)21-17(24)18-15(10-25-22(26-18)31-2)20(27-21)28-7-4-8-28/h1,5-6,10,13,30H,4,7-9,11H2,2H3. The zero-order chi connectivity index (χ0) is 21.7. The average Bonchev–Trinajstić information content (AvgIpc) is 2.73. The van der Waals surface area contributed by atoms with Gasteiger partial charge in [-0.05, 0) is 18.1 Å². The monoisotopic (exact) mass is 423 g/mol. The lowest BCUT2D eigenvalue weighted by molar-refractivity contribution is 0.178. The van der Waals surface area contributed by atoms with Crippen molar-refractivity contribution in [1.29, 1.82) is 0 Å². The molecule has 4 heterocycles. The topological polar surface area (TPSA) is 74.6 Å². The molecule has 0 aliphatic carbocycles. The van der Waals surface area contributed by atoms with Gasteiger partial charge in [-0.3, -0.25) is 0 Å². The highest BCUT2D eigenvalue weighted by molar-refractivity contribution is 5.93. The number of aliphatic hydroxyl groups excluding tert-OH is 1. The Kier molecular flexibility index (Phi) is 4.59. The fourth-order valence-electron chi connectivity index (χ4n) is 4.09. The third-order valence-electron chi connectivity index (χ3n) is 5.69. The van der Waals surface area contributed by atoms with E-state index in [4.69, 9.17) is 11.2 Å². The van der Waals surface area contributed by atoms with E-state index in [-0.39, 0.29) is 35.9 Å². The lowest BCUT2D eigenvalue weighted by atomic mass is 9.95. The first-order chi connectivity index (χ1) is 15.0. The van der Waals surface area contributed by atoms with Gasteiger partial charge >= 0.3 is 6.01 Å². The van der Waals surface area contributed by atoms with E-state index in [9.17, 15) is 9.50 Å². The number of fused-ring (bicyclic) bond motifs is 2. The SMILES string of the molecule is C#Cc1c(F)ccc2c1N(c1nc(N3CCC3)c3cnc(OC)nc3c1F)CC(O)C2. The lowest BCUT2D eigenvalue weighted by Gasteiger charge is -2.37. The zero-order valence-corrected chi connectivity index (χ0v) is 16.8. The molecule has 1 fully saturated rings. The highest BCUT2D eigenvalue weighted by atomic mass is 19.1. The molecule has 0 bridgehead atoms. The molecular weight excluding hydrogens is 404 g/mol. The first kappa shape index (κ1) is 19.5. The highest BCUT2D eigenvalue weighted by Gasteiger charge is 2.33. The van der Waals surface area contributed by atoms with Gasteiger partial charge in [0.2, 0.25) is 0 Å². The third-order valence-corrected chi connectivity index (χ3v) is 5.69. The maximum absolute atomic E-state index is 15.8. The summed E-state index contributed by atoms with van der Waals surface area (Å²) < 4.78 is 35.4. The molecule has 2 aliphatic rings.